The fraction of sp³-hybridized carbons (Fsp3) is 0.846. The number of hydrogen-bond acceptors (Lipinski definition) is 4. The number of aromatic nitrogens is 2. The van der Waals surface area contributed by atoms with Crippen LogP contribution in [0.4, 0.5) is 0 Å². The van der Waals surface area contributed by atoms with E-state index in [4.69, 9.17) is 0 Å². The first kappa shape index (κ1) is 14.6. The molecule has 1 aromatic rings. The minimum Gasteiger partial charge on any atom is -0.308 e. The minimum atomic E-state index is 0.316. The van der Waals surface area contributed by atoms with Crippen LogP contribution in [0.3, 0.4) is 0 Å². The molecule has 0 aromatic carbocycles. The van der Waals surface area contributed by atoms with Crippen LogP contribution >= 0.6 is 11.3 Å². The van der Waals surface area contributed by atoms with Crippen molar-refractivity contribution in [2.24, 2.45) is 11.3 Å². The summed E-state index contributed by atoms with van der Waals surface area (Å²) >= 11 is 1.74. The predicted molar refractivity (Wildman–Crippen MR) is 74.3 cm³/mol. The van der Waals surface area contributed by atoms with Gasteiger partial charge >= 0.3 is 0 Å². The summed E-state index contributed by atoms with van der Waals surface area (Å²) in [6, 6.07) is 0.316. The van der Waals surface area contributed by atoms with Crippen LogP contribution in [0.15, 0.2) is 0 Å². The van der Waals surface area contributed by atoms with Crippen molar-refractivity contribution in [1.82, 2.24) is 15.5 Å². The van der Waals surface area contributed by atoms with E-state index in [1.165, 1.54) is 0 Å². The molecule has 2 unspecified atom stereocenters. The molecule has 98 valence electrons. The van der Waals surface area contributed by atoms with Crippen molar-refractivity contribution < 1.29 is 0 Å². The van der Waals surface area contributed by atoms with Crippen LogP contribution in [-0.4, -0.2) is 16.7 Å². The van der Waals surface area contributed by atoms with Gasteiger partial charge in [-0.1, -0.05) is 46.0 Å². The zero-order chi connectivity index (χ0) is 13.1. The van der Waals surface area contributed by atoms with Gasteiger partial charge in [-0.3, -0.25) is 0 Å². The van der Waals surface area contributed by atoms with Crippen molar-refractivity contribution in [3.05, 3.63) is 10.0 Å². The second kappa shape index (κ2) is 5.91. The maximum Gasteiger partial charge on any atom is 0.134 e. The summed E-state index contributed by atoms with van der Waals surface area (Å²) in [6.45, 7) is 14.3. The molecule has 3 nitrogen and oxygen atoms in total. The molecule has 0 saturated heterocycles. The van der Waals surface area contributed by atoms with E-state index in [2.05, 4.69) is 57.1 Å². The van der Waals surface area contributed by atoms with Gasteiger partial charge in [-0.2, -0.15) is 0 Å². The van der Waals surface area contributed by atoms with Crippen LogP contribution in [0.2, 0.25) is 0 Å². The van der Waals surface area contributed by atoms with E-state index in [0.29, 0.717) is 17.4 Å². The third-order valence-electron chi connectivity index (χ3n) is 3.32. The molecular weight excluding hydrogens is 230 g/mol. The summed E-state index contributed by atoms with van der Waals surface area (Å²) in [6.07, 6.45) is 1.03. The van der Waals surface area contributed by atoms with Crippen molar-refractivity contribution in [3.8, 4) is 0 Å². The van der Waals surface area contributed by atoms with Gasteiger partial charge in [0.1, 0.15) is 10.0 Å². The predicted octanol–water partition coefficient (Wildman–Crippen LogP) is 3.43. The Hall–Kier alpha value is -0.480. The monoisotopic (exact) mass is 255 g/mol. The first-order chi connectivity index (χ1) is 7.84. The molecule has 2 atom stereocenters. The molecule has 0 fully saturated rings. The third kappa shape index (κ3) is 4.36. The molecule has 4 heteroatoms. The van der Waals surface area contributed by atoms with Gasteiger partial charge in [0.15, 0.2) is 0 Å². The van der Waals surface area contributed by atoms with Crippen LogP contribution in [0.25, 0.3) is 0 Å². The lowest BCUT2D eigenvalue weighted by atomic mass is 9.80. The molecule has 0 aliphatic rings. The molecule has 1 aromatic heterocycles. The minimum absolute atomic E-state index is 0.316. The Balaban J connectivity index is 2.63. The zero-order valence-electron chi connectivity index (χ0n) is 11.9. The number of rotatable bonds is 5. The van der Waals surface area contributed by atoms with E-state index < -0.39 is 0 Å². The molecular formula is C13H25N3S. The quantitative estimate of drug-likeness (QED) is 0.876. The molecule has 0 saturated carbocycles. The third-order valence-corrected chi connectivity index (χ3v) is 4.45. The van der Waals surface area contributed by atoms with Gasteiger partial charge in [0.05, 0.1) is 6.04 Å². The van der Waals surface area contributed by atoms with E-state index in [0.717, 1.165) is 23.0 Å². The Morgan fingerprint density at radius 1 is 1.24 bits per heavy atom. The van der Waals surface area contributed by atoms with Crippen LogP contribution in [-0.2, 0) is 6.42 Å². The summed E-state index contributed by atoms with van der Waals surface area (Å²) in [5.74, 6) is 0.623. The average Bonchev–Trinajstić information content (AvgIpc) is 2.65. The molecule has 0 bridgehead atoms. The Bertz CT molecular complexity index is 341. The van der Waals surface area contributed by atoms with E-state index in [-0.39, 0.29) is 0 Å². The summed E-state index contributed by atoms with van der Waals surface area (Å²) in [5.41, 5.74) is 0.332. The van der Waals surface area contributed by atoms with Gasteiger partial charge in [-0.25, -0.2) is 0 Å². The Morgan fingerprint density at radius 3 is 2.41 bits per heavy atom. The van der Waals surface area contributed by atoms with Gasteiger partial charge in [-0.15, -0.1) is 10.2 Å². The van der Waals surface area contributed by atoms with E-state index in [9.17, 15) is 0 Å². The second-order valence-corrected chi connectivity index (χ2v) is 6.88. The first-order valence-electron chi connectivity index (χ1n) is 6.40. The lowest BCUT2D eigenvalue weighted by Crippen LogP contribution is -2.19. The zero-order valence-corrected chi connectivity index (χ0v) is 12.7. The molecule has 17 heavy (non-hydrogen) atoms. The molecule has 0 amide bonds. The SMILES string of the molecule is CCNC(C)c1nnc(CC(C)C(C)(C)C)s1. The molecule has 1 N–H and O–H groups in total. The lowest BCUT2D eigenvalue weighted by Gasteiger charge is -2.26. The van der Waals surface area contributed by atoms with Crippen LogP contribution < -0.4 is 5.32 Å². The highest BCUT2D eigenvalue weighted by molar-refractivity contribution is 7.11. The molecule has 0 aliphatic heterocycles. The van der Waals surface area contributed by atoms with Crippen molar-refractivity contribution >= 4 is 11.3 Å². The largest absolute Gasteiger partial charge is 0.308 e. The fourth-order valence-electron chi connectivity index (χ4n) is 1.49. The van der Waals surface area contributed by atoms with E-state index in [1.54, 1.807) is 11.3 Å². The molecule has 1 heterocycles. The lowest BCUT2D eigenvalue weighted by molar-refractivity contribution is 0.259. The van der Waals surface area contributed by atoms with Gasteiger partial charge < -0.3 is 5.32 Å². The van der Waals surface area contributed by atoms with Gasteiger partial charge in [0, 0.05) is 6.42 Å². The smallest absolute Gasteiger partial charge is 0.134 e. The topological polar surface area (TPSA) is 37.8 Å². The maximum absolute atomic E-state index is 4.30. The molecule has 1 rings (SSSR count). The second-order valence-electron chi connectivity index (χ2n) is 5.78. The number of nitrogens with one attached hydrogen (secondary N) is 1. The Kier molecular flexibility index (Phi) is 5.07. The number of nitrogens with zero attached hydrogens (tertiary/aromatic N) is 2. The van der Waals surface area contributed by atoms with E-state index in [1.807, 2.05) is 0 Å². The Morgan fingerprint density at radius 2 is 1.88 bits per heavy atom. The first-order valence-corrected chi connectivity index (χ1v) is 7.22. The highest BCUT2D eigenvalue weighted by Gasteiger charge is 2.22. The van der Waals surface area contributed by atoms with Crippen LogP contribution in [0, 0.1) is 11.3 Å². The van der Waals surface area contributed by atoms with E-state index >= 15 is 0 Å². The molecule has 0 radical (unpaired) electrons. The molecule has 0 spiro atoms. The van der Waals surface area contributed by atoms with Gasteiger partial charge in [0.2, 0.25) is 0 Å². The van der Waals surface area contributed by atoms with Gasteiger partial charge in [-0.05, 0) is 24.8 Å². The summed E-state index contributed by atoms with van der Waals surface area (Å²) < 4.78 is 0. The van der Waals surface area contributed by atoms with Crippen LogP contribution in [0.1, 0.15) is 57.6 Å². The van der Waals surface area contributed by atoms with Crippen molar-refractivity contribution in [2.75, 3.05) is 6.54 Å². The summed E-state index contributed by atoms with van der Waals surface area (Å²) in [7, 11) is 0. The van der Waals surface area contributed by atoms with Gasteiger partial charge in [0.25, 0.3) is 0 Å². The van der Waals surface area contributed by atoms with Crippen molar-refractivity contribution in [2.45, 2.75) is 54.0 Å². The fourth-order valence-corrected chi connectivity index (χ4v) is 2.48. The highest BCUT2D eigenvalue weighted by atomic mass is 32.1. The summed E-state index contributed by atoms with van der Waals surface area (Å²) in [5, 5.41) is 14.2. The average molecular weight is 255 g/mol. The molecule has 0 aliphatic carbocycles. The normalized spacial score (nSPS) is 15.9. The standard InChI is InChI=1S/C13H25N3S/c1-7-14-10(3)12-16-15-11(17-12)8-9(2)13(4,5)6/h9-10,14H,7-8H2,1-6H3. The van der Waals surface area contributed by atoms with Crippen LogP contribution in [0.5, 0.6) is 0 Å². The highest BCUT2D eigenvalue weighted by Crippen LogP contribution is 2.30. The number of hydrogen-bond donors (Lipinski definition) is 1. The van der Waals surface area contributed by atoms with Crippen molar-refractivity contribution in [1.29, 1.82) is 0 Å². The summed E-state index contributed by atoms with van der Waals surface area (Å²) in [4.78, 5) is 0. The Labute approximate surface area is 109 Å². The maximum atomic E-state index is 4.30. The van der Waals surface area contributed by atoms with Crippen molar-refractivity contribution in [3.63, 3.8) is 0 Å².